The van der Waals surface area contributed by atoms with Gasteiger partial charge in [0.25, 0.3) is 0 Å². The highest BCUT2D eigenvalue weighted by molar-refractivity contribution is 5.66. The Labute approximate surface area is 108 Å². The van der Waals surface area contributed by atoms with Crippen molar-refractivity contribution in [3.63, 3.8) is 0 Å². The van der Waals surface area contributed by atoms with Gasteiger partial charge in [0, 0.05) is 5.56 Å². The lowest BCUT2D eigenvalue weighted by atomic mass is 10.0. The lowest BCUT2D eigenvalue weighted by Gasteiger charge is -2.09. The van der Waals surface area contributed by atoms with Crippen LogP contribution in [0.5, 0.6) is 11.5 Å². The van der Waals surface area contributed by atoms with Gasteiger partial charge in [-0.1, -0.05) is 6.07 Å². The van der Waals surface area contributed by atoms with Crippen LogP contribution in [0.1, 0.15) is 0 Å². The Morgan fingerprint density at radius 1 is 0.789 bits per heavy atom. The summed E-state index contributed by atoms with van der Waals surface area (Å²) in [6.45, 7) is 0. The van der Waals surface area contributed by atoms with Gasteiger partial charge in [-0.05, 0) is 29.8 Å². The SMILES string of the molecule is COc1ccc(-c2ccc(OC)c(F)c2F)cc1F. The molecule has 0 heterocycles. The van der Waals surface area contributed by atoms with Gasteiger partial charge in [0.1, 0.15) is 0 Å². The summed E-state index contributed by atoms with van der Waals surface area (Å²) in [5.41, 5.74) is 0.178. The minimum Gasteiger partial charge on any atom is -0.494 e. The predicted octanol–water partition coefficient (Wildman–Crippen LogP) is 3.79. The summed E-state index contributed by atoms with van der Waals surface area (Å²) in [6, 6.07) is 6.51. The zero-order valence-corrected chi connectivity index (χ0v) is 10.3. The van der Waals surface area contributed by atoms with Crippen LogP contribution in [0.25, 0.3) is 11.1 Å². The summed E-state index contributed by atoms with van der Waals surface area (Å²) in [7, 11) is 2.57. The summed E-state index contributed by atoms with van der Waals surface area (Å²) in [6.07, 6.45) is 0. The van der Waals surface area contributed by atoms with E-state index in [4.69, 9.17) is 4.74 Å². The number of hydrogen-bond acceptors (Lipinski definition) is 2. The Morgan fingerprint density at radius 2 is 1.42 bits per heavy atom. The zero-order chi connectivity index (χ0) is 14.0. The van der Waals surface area contributed by atoms with E-state index in [9.17, 15) is 13.2 Å². The van der Waals surface area contributed by atoms with Gasteiger partial charge >= 0.3 is 0 Å². The lowest BCUT2D eigenvalue weighted by Crippen LogP contribution is -1.96. The van der Waals surface area contributed by atoms with E-state index in [0.717, 1.165) is 6.07 Å². The fourth-order valence-corrected chi connectivity index (χ4v) is 1.75. The van der Waals surface area contributed by atoms with Crippen LogP contribution >= 0.6 is 0 Å². The molecule has 0 aromatic heterocycles. The van der Waals surface area contributed by atoms with Crippen LogP contribution < -0.4 is 9.47 Å². The fourth-order valence-electron chi connectivity index (χ4n) is 1.75. The molecule has 0 fully saturated rings. The molecule has 0 N–H and O–H groups in total. The molecule has 0 radical (unpaired) electrons. The highest BCUT2D eigenvalue weighted by Crippen LogP contribution is 2.31. The third kappa shape index (κ3) is 2.36. The second-order valence-electron chi connectivity index (χ2n) is 3.79. The van der Waals surface area contributed by atoms with E-state index in [1.807, 2.05) is 0 Å². The number of hydrogen-bond donors (Lipinski definition) is 0. The number of benzene rings is 2. The normalized spacial score (nSPS) is 10.4. The first kappa shape index (κ1) is 13.3. The molecule has 5 heteroatoms. The molecule has 0 saturated heterocycles. The van der Waals surface area contributed by atoms with Crippen molar-refractivity contribution >= 4 is 0 Å². The molecule has 2 aromatic carbocycles. The van der Waals surface area contributed by atoms with Gasteiger partial charge in [-0.25, -0.2) is 8.78 Å². The van der Waals surface area contributed by atoms with Crippen LogP contribution in [0.2, 0.25) is 0 Å². The Balaban J connectivity index is 2.53. The van der Waals surface area contributed by atoms with Gasteiger partial charge in [0.2, 0.25) is 5.82 Å². The minimum atomic E-state index is -1.10. The van der Waals surface area contributed by atoms with Crippen LogP contribution in [0.3, 0.4) is 0 Å². The third-order valence-corrected chi connectivity index (χ3v) is 2.73. The Bertz CT molecular complexity index is 612. The molecule has 0 saturated carbocycles. The summed E-state index contributed by atoms with van der Waals surface area (Å²) in [5.74, 6) is -2.98. The van der Waals surface area contributed by atoms with Crippen molar-refractivity contribution in [1.82, 2.24) is 0 Å². The molecular weight excluding hydrogens is 257 g/mol. The topological polar surface area (TPSA) is 18.5 Å². The summed E-state index contributed by atoms with van der Waals surface area (Å²) >= 11 is 0. The zero-order valence-electron chi connectivity index (χ0n) is 10.3. The summed E-state index contributed by atoms with van der Waals surface area (Å²) in [5, 5.41) is 0. The smallest absolute Gasteiger partial charge is 0.201 e. The highest BCUT2D eigenvalue weighted by atomic mass is 19.2. The number of rotatable bonds is 3. The molecular formula is C14H11F3O2. The first-order chi connectivity index (χ1) is 9.08. The van der Waals surface area contributed by atoms with Gasteiger partial charge in [0.05, 0.1) is 14.2 Å². The van der Waals surface area contributed by atoms with Crippen molar-refractivity contribution in [2.45, 2.75) is 0 Å². The predicted molar refractivity (Wildman–Crippen MR) is 64.9 cm³/mol. The van der Waals surface area contributed by atoms with E-state index >= 15 is 0 Å². The van der Waals surface area contributed by atoms with Crippen LogP contribution in [0.4, 0.5) is 13.2 Å². The molecule has 0 aliphatic carbocycles. The number of halogens is 3. The van der Waals surface area contributed by atoms with E-state index in [2.05, 4.69) is 4.74 Å². The molecule has 0 aliphatic rings. The molecule has 0 amide bonds. The van der Waals surface area contributed by atoms with E-state index in [1.54, 1.807) is 0 Å². The van der Waals surface area contributed by atoms with Crippen LogP contribution in [-0.2, 0) is 0 Å². The quantitative estimate of drug-likeness (QED) is 0.843. The van der Waals surface area contributed by atoms with Gasteiger partial charge in [-0.2, -0.15) is 4.39 Å². The molecule has 2 aromatic rings. The largest absolute Gasteiger partial charge is 0.494 e. The molecule has 19 heavy (non-hydrogen) atoms. The average Bonchev–Trinajstić information content (AvgIpc) is 2.41. The van der Waals surface area contributed by atoms with Crippen molar-refractivity contribution in [2.75, 3.05) is 14.2 Å². The van der Waals surface area contributed by atoms with Crippen LogP contribution in [0.15, 0.2) is 30.3 Å². The number of ether oxygens (including phenoxy) is 2. The van der Waals surface area contributed by atoms with Gasteiger partial charge < -0.3 is 9.47 Å². The molecule has 2 rings (SSSR count). The molecule has 100 valence electrons. The van der Waals surface area contributed by atoms with Crippen molar-refractivity contribution in [2.24, 2.45) is 0 Å². The minimum absolute atomic E-state index is 0.0399. The molecule has 0 aliphatic heterocycles. The van der Waals surface area contributed by atoms with Gasteiger partial charge in [-0.3, -0.25) is 0 Å². The van der Waals surface area contributed by atoms with E-state index < -0.39 is 17.5 Å². The molecule has 0 atom stereocenters. The van der Waals surface area contributed by atoms with Crippen LogP contribution in [-0.4, -0.2) is 14.2 Å². The Kier molecular flexibility index (Phi) is 3.64. The molecule has 0 bridgehead atoms. The maximum absolute atomic E-state index is 13.8. The Morgan fingerprint density at radius 3 is 2.00 bits per heavy atom. The van der Waals surface area contributed by atoms with E-state index in [-0.39, 0.29) is 22.6 Å². The lowest BCUT2D eigenvalue weighted by molar-refractivity contribution is 0.372. The average molecular weight is 268 g/mol. The second-order valence-corrected chi connectivity index (χ2v) is 3.79. The summed E-state index contributed by atoms with van der Waals surface area (Å²) < 4.78 is 50.4. The van der Waals surface area contributed by atoms with Crippen LogP contribution in [0, 0.1) is 17.5 Å². The van der Waals surface area contributed by atoms with Crippen molar-refractivity contribution < 1.29 is 22.6 Å². The maximum atomic E-state index is 13.8. The molecule has 0 unspecified atom stereocenters. The Hall–Kier alpha value is -2.17. The first-order valence-electron chi connectivity index (χ1n) is 5.44. The third-order valence-electron chi connectivity index (χ3n) is 2.73. The second kappa shape index (κ2) is 5.22. The molecule has 2 nitrogen and oxygen atoms in total. The van der Waals surface area contributed by atoms with E-state index in [1.165, 1.54) is 38.5 Å². The van der Waals surface area contributed by atoms with Crippen molar-refractivity contribution in [3.8, 4) is 22.6 Å². The van der Waals surface area contributed by atoms with Crippen molar-refractivity contribution in [1.29, 1.82) is 0 Å². The standard InChI is InChI=1S/C14H11F3O2/c1-18-11-5-3-8(7-10(11)15)9-4-6-12(19-2)14(17)13(9)16/h3-7H,1-2H3. The number of methoxy groups -OCH3 is 2. The highest BCUT2D eigenvalue weighted by Gasteiger charge is 2.16. The van der Waals surface area contributed by atoms with Gasteiger partial charge in [0.15, 0.2) is 23.1 Å². The summed E-state index contributed by atoms with van der Waals surface area (Å²) in [4.78, 5) is 0. The monoisotopic (exact) mass is 268 g/mol. The fraction of sp³-hybridized carbons (Fsp3) is 0.143. The first-order valence-corrected chi connectivity index (χ1v) is 5.44. The maximum Gasteiger partial charge on any atom is 0.201 e. The van der Waals surface area contributed by atoms with Gasteiger partial charge in [-0.15, -0.1) is 0 Å². The van der Waals surface area contributed by atoms with Crippen molar-refractivity contribution in [3.05, 3.63) is 47.8 Å². The van der Waals surface area contributed by atoms with E-state index in [0.29, 0.717) is 0 Å². The molecule has 0 spiro atoms.